The van der Waals surface area contributed by atoms with Crippen LogP contribution in [0.3, 0.4) is 0 Å². The maximum atomic E-state index is 12.7. The van der Waals surface area contributed by atoms with Crippen molar-refractivity contribution in [3.05, 3.63) is 35.1 Å². The molecule has 0 spiro atoms. The Morgan fingerprint density at radius 3 is 2.85 bits per heavy atom. The molecule has 1 aliphatic carbocycles. The maximum Gasteiger partial charge on any atom is 0.165 e. The van der Waals surface area contributed by atoms with Crippen molar-refractivity contribution in [1.29, 1.82) is 0 Å². The van der Waals surface area contributed by atoms with Crippen molar-refractivity contribution < 1.29 is 9.18 Å². The van der Waals surface area contributed by atoms with Crippen LogP contribution in [0.15, 0.2) is 18.2 Å². The Balaban J connectivity index is 0.000000845. The molecule has 4 heteroatoms. The number of rotatable bonds is 0. The van der Waals surface area contributed by atoms with E-state index in [-0.39, 0.29) is 30.0 Å². The van der Waals surface area contributed by atoms with E-state index in [1.807, 2.05) is 0 Å². The third kappa shape index (κ3) is 1.57. The lowest BCUT2D eigenvalue weighted by Crippen LogP contribution is -2.05. The second-order valence-corrected chi connectivity index (χ2v) is 2.97. The zero-order chi connectivity index (χ0) is 8.72. The number of fused-ring (bicyclic) bond motifs is 1. The summed E-state index contributed by atoms with van der Waals surface area (Å²) in [6.45, 7) is 0. The smallest absolute Gasteiger partial charge is 0.165 e. The van der Waals surface area contributed by atoms with E-state index >= 15 is 0 Å². The monoisotopic (exact) mass is 201 g/mol. The highest BCUT2D eigenvalue weighted by Crippen LogP contribution is 2.29. The summed E-state index contributed by atoms with van der Waals surface area (Å²) in [5.41, 5.74) is 6.86. The molecule has 0 radical (unpaired) electrons. The third-order valence-corrected chi connectivity index (χ3v) is 2.12. The number of nitrogens with two attached hydrogens (primary N) is 1. The van der Waals surface area contributed by atoms with Gasteiger partial charge in [0.25, 0.3) is 0 Å². The fourth-order valence-corrected chi connectivity index (χ4v) is 1.51. The first-order chi connectivity index (χ1) is 5.68. The van der Waals surface area contributed by atoms with Gasteiger partial charge in [0.2, 0.25) is 0 Å². The second-order valence-electron chi connectivity index (χ2n) is 2.97. The highest BCUT2D eigenvalue weighted by molar-refractivity contribution is 6.01. The lowest BCUT2D eigenvalue weighted by molar-refractivity contribution is 0.0989. The number of ketones is 1. The van der Waals surface area contributed by atoms with Gasteiger partial charge in [-0.2, -0.15) is 0 Å². The number of hydrogen-bond acceptors (Lipinski definition) is 2. The van der Waals surface area contributed by atoms with E-state index in [1.165, 1.54) is 12.1 Å². The van der Waals surface area contributed by atoms with Gasteiger partial charge in [-0.3, -0.25) is 4.79 Å². The molecule has 1 atom stereocenters. The van der Waals surface area contributed by atoms with Gasteiger partial charge in [0, 0.05) is 18.0 Å². The zero-order valence-corrected chi connectivity index (χ0v) is 7.60. The van der Waals surface area contributed by atoms with Gasteiger partial charge in [0.05, 0.1) is 0 Å². The molecule has 0 saturated heterocycles. The van der Waals surface area contributed by atoms with E-state index in [4.69, 9.17) is 5.73 Å². The van der Waals surface area contributed by atoms with E-state index < -0.39 is 0 Å². The highest BCUT2D eigenvalue weighted by atomic mass is 35.5. The predicted molar refractivity (Wildman–Crippen MR) is 49.5 cm³/mol. The Hall–Kier alpha value is -0.930. The summed E-state index contributed by atoms with van der Waals surface area (Å²) in [6, 6.07) is 3.93. The molecule has 70 valence electrons. The van der Waals surface area contributed by atoms with Gasteiger partial charge < -0.3 is 5.73 Å². The summed E-state index contributed by atoms with van der Waals surface area (Å²) in [7, 11) is 0. The average Bonchev–Trinajstić information content (AvgIpc) is 2.28. The van der Waals surface area contributed by atoms with Crippen LogP contribution in [0.1, 0.15) is 28.4 Å². The van der Waals surface area contributed by atoms with Crippen molar-refractivity contribution in [1.82, 2.24) is 0 Å². The molecule has 0 amide bonds. The van der Waals surface area contributed by atoms with Gasteiger partial charge in [-0.1, -0.05) is 6.07 Å². The van der Waals surface area contributed by atoms with Crippen LogP contribution in [0.4, 0.5) is 4.39 Å². The first kappa shape index (κ1) is 10.2. The summed E-state index contributed by atoms with van der Waals surface area (Å²) in [5.74, 6) is -0.437. The lowest BCUT2D eigenvalue weighted by atomic mass is 10.1. The van der Waals surface area contributed by atoms with Crippen LogP contribution >= 0.6 is 12.4 Å². The molecule has 13 heavy (non-hydrogen) atoms. The van der Waals surface area contributed by atoms with Crippen LogP contribution in [0, 0.1) is 5.82 Å². The van der Waals surface area contributed by atoms with E-state index in [9.17, 15) is 9.18 Å². The van der Waals surface area contributed by atoms with Crippen LogP contribution in [0.2, 0.25) is 0 Å². The van der Waals surface area contributed by atoms with Crippen molar-refractivity contribution in [2.75, 3.05) is 0 Å². The molecular formula is C9H9ClFNO. The molecule has 0 fully saturated rings. The molecule has 0 heterocycles. The lowest BCUT2D eigenvalue weighted by Gasteiger charge is -2.01. The van der Waals surface area contributed by atoms with Crippen molar-refractivity contribution >= 4 is 18.2 Å². The summed E-state index contributed by atoms with van der Waals surface area (Å²) >= 11 is 0. The number of carbonyl (C=O) groups excluding carboxylic acids is 1. The molecule has 1 unspecified atom stereocenters. The van der Waals surface area contributed by atoms with E-state index in [0.29, 0.717) is 12.0 Å². The number of Topliss-reactive ketones (excluding diaryl/α,β-unsaturated/α-hetero) is 1. The second kappa shape index (κ2) is 3.44. The minimum absolute atomic E-state index is 0. The Morgan fingerprint density at radius 2 is 2.15 bits per heavy atom. The minimum atomic E-state index is -0.379. The maximum absolute atomic E-state index is 12.7. The molecule has 1 aromatic carbocycles. The van der Waals surface area contributed by atoms with Gasteiger partial charge in [0.15, 0.2) is 5.78 Å². The van der Waals surface area contributed by atoms with Gasteiger partial charge in [-0.05, 0) is 17.7 Å². The van der Waals surface area contributed by atoms with Gasteiger partial charge >= 0.3 is 0 Å². The zero-order valence-electron chi connectivity index (χ0n) is 6.79. The van der Waals surface area contributed by atoms with Gasteiger partial charge in [-0.25, -0.2) is 4.39 Å². The van der Waals surface area contributed by atoms with Crippen molar-refractivity contribution in [3.63, 3.8) is 0 Å². The van der Waals surface area contributed by atoms with Crippen molar-refractivity contribution in [2.24, 2.45) is 5.73 Å². The Bertz CT molecular complexity index is 353. The summed E-state index contributed by atoms with van der Waals surface area (Å²) in [6.07, 6.45) is 0.304. The van der Waals surface area contributed by atoms with Crippen LogP contribution < -0.4 is 5.73 Å². The van der Waals surface area contributed by atoms with E-state index in [2.05, 4.69) is 0 Å². The van der Waals surface area contributed by atoms with Crippen molar-refractivity contribution in [3.8, 4) is 0 Å². The van der Waals surface area contributed by atoms with Gasteiger partial charge in [-0.15, -0.1) is 12.4 Å². The number of hydrogen-bond donors (Lipinski definition) is 1. The standard InChI is InChI=1S/C9H8FNO.ClH/c10-5-1-2-6-7(3-5)9(12)4-8(6)11;/h1-3,8H,4,11H2;1H. The fraction of sp³-hybridized carbons (Fsp3) is 0.222. The van der Waals surface area contributed by atoms with Crippen LogP contribution in [0.25, 0.3) is 0 Å². The topological polar surface area (TPSA) is 43.1 Å². The van der Waals surface area contributed by atoms with E-state index in [0.717, 1.165) is 5.56 Å². The molecule has 0 bridgehead atoms. The largest absolute Gasteiger partial charge is 0.324 e. The Kier molecular flexibility index (Phi) is 2.68. The first-order valence-electron chi connectivity index (χ1n) is 3.76. The fourth-order valence-electron chi connectivity index (χ4n) is 1.51. The molecule has 0 aliphatic heterocycles. The van der Waals surface area contributed by atoms with Crippen LogP contribution in [-0.2, 0) is 0 Å². The molecule has 2 rings (SSSR count). The molecule has 0 saturated carbocycles. The Labute approximate surface area is 81.3 Å². The summed E-state index contributed by atoms with van der Waals surface area (Å²) in [5, 5.41) is 0. The SMILES string of the molecule is Cl.NC1CC(=O)c2cc(F)ccc21. The summed E-state index contributed by atoms with van der Waals surface area (Å²) in [4.78, 5) is 11.2. The minimum Gasteiger partial charge on any atom is -0.324 e. The van der Waals surface area contributed by atoms with E-state index in [1.54, 1.807) is 6.07 Å². The quantitative estimate of drug-likeness (QED) is 0.696. The molecule has 2 N–H and O–H groups in total. The van der Waals surface area contributed by atoms with Crippen LogP contribution in [-0.4, -0.2) is 5.78 Å². The molecule has 1 aromatic rings. The number of carbonyl (C=O) groups is 1. The predicted octanol–water partition coefficient (Wildman–Crippen LogP) is 1.83. The normalized spacial score (nSPS) is 19.5. The van der Waals surface area contributed by atoms with Crippen molar-refractivity contribution in [2.45, 2.75) is 12.5 Å². The average molecular weight is 202 g/mol. The first-order valence-corrected chi connectivity index (χ1v) is 3.76. The molecule has 0 aromatic heterocycles. The van der Waals surface area contributed by atoms with Gasteiger partial charge in [0.1, 0.15) is 5.82 Å². The Morgan fingerprint density at radius 1 is 1.46 bits per heavy atom. The molecular weight excluding hydrogens is 193 g/mol. The molecule has 2 nitrogen and oxygen atoms in total. The number of halogens is 2. The highest BCUT2D eigenvalue weighted by Gasteiger charge is 2.26. The molecule has 1 aliphatic rings. The van der Waals surface area contributed by atoms with Crippen LogP contribution in [0.5, 0.6) is 0 Å². The third-order valence-electron chi connectivity index (χ3n) is 2.12. The summed E-state index contributed by atoms with van der Waals surface area (Å²) < 4.78 is 12.7. The number of benzene rings is 1.